The summed E-state index contributed by atoms with van der Waals surface area (Å²) in [5, 5.41) is 64.1. The van der Waals surface area contributed by atoms with Gasteiger partial charge in [0.2, 0.25) is 0 Å². The van der Waals surface area contributed by atoms with Crippen LogP contribution in [0.3, 0.4) is 0 Å². The van der Waals surface area contributed by atoms with Crippen LogP contribution in [0.15, 0.2) is 227 Å². The van der Waals surface area contributed by atoms with Crippen molar-refractivity contribution in [1.82, 2.24) is 10.2 Å². The fraction of sp³-hybridized carbons (Fsp3) is 0.303. The minimum Gasteiger partial charge on any atom is -1.00 e. The molecule has 1 radical (unpaired) electrons. The summed E-state index contributed by atoms with van der Waals surface area (Å²) in [5.74, 6) is 4.46. The molecule has 11 rings (SSSR count). The molecule has 119 heavy (non-hydrogen) atoms. The summed E-state index contributed by atoms with van der Waals surface area (Å²) < 4.78 is 58.3. The van der Waals surface area contributed by atoms with Crippen molar-refractivity contribution >= 4 is 85.8 Å². The number of halogens is 4. The van der Waals surface area contributed by atoms with Crippen molar-refractivity contribution in [3.8, 4) is 80.7 Å². The first kappa shape index (κ1) is 107. The monoisotopic (exact) mass is 1870 g/mol. The zero-order valence-corrected chi connectivity index (χ0v) is 79.0. The quantitative estimate of drug-likeness (QED) is 0.0103. The van der Waals surface area contributed by atoms with E-state index in [2.05, 4.69) is 135 Å². The van der Waals surface area contributed by atoms with Crippen molar-refractivity contribution < 1.29 is 197 Å². The smallest absolute Gasteiger partial charge is 1.00 e. The SMILES string of the molecule is CC(C)Oc1cccc(CCC2CCN(C(=O)COc3ccccc3-c3ccc(C#N)cc3)CC2)c1.CC(C)Oc1cccc(CCC2CCNCC2)c1.COC(=O)CBr.COC(=O)COc1ccccc1Br.N#Cc1ccc(-c2ccccc2OCC(=O)O)cc1.N#Cc1ccc(O[B]O)cc1.O=CO[O-].Oc1ccccc1Br.[2H]CF.[H-].[K+].[K+]. The Morgan fingerprint density at radius 2 is 0.992 bits per heavy atom. The molecule has 0 atom stereocenters. The van der Waals surface area contributed by atoms with E-state index in [0.29, 0.717) is 53.3 Å². The molecule has 2 saturated heterocycles. The number of nitrogens with zero attached hydrogens (tertiary/aromatic N) is 4. The largest absolute Gasteiger partial charge is 1.00 e. The number of rotatable bonds is 25. The molecule has 0 unspecified atom stereocenters. The number of phenols is 1. The number of likely N-dealkylation sites (tertiary alicyclic amines) is 1. The molecule has 30 heteroatoms. The zero-order chi connectivity index (χ0) is 86.7. The molecule has 2 fully saturated rings. The van der Waals surface area contributed by atoms with Crippen LogP contribution in [0.1, 0.15) is 96.8 Å². The average molecular weight is 1880 g/mol. The third kappa shape index (κ3) is 47.1. The molecular weight excluding hydrogens is 1770 g/mol. The molecule has 2 heterocycles. The summed E-state index contributed by atoms with van der Waals surface area (Å²) in [5.41, 5.74) is 8.02. The molecule has 23 nitrogen and oxygen atoms in total. The predicted octanol–water partition coefficient (Wildman–Crippen LogP) is 10.7. The fourth-order valence-electron chi connectivity index (χ4n) is 10.9. The third-order valence-corrected chi connectivity index (χ3v) is 18.4. The van der Waals surface area contributed by atoms with Gasteiger partial charge in [0.05, 0.1) is 78.8 Å². The number of carboxylic acid groups (broad SMARTS) is 1. The number of methoxy groups -OCH3 is 2. The maximum absolute atomic E-state index is 12.9. The Balaban J connectivity index is 0.00000146. The number of hydrogen-bond donors (Lipinski definition) is 4. The number of aryl methyl sites for hydroxylation is 2. The summed E-state index contributed by atoms with van der Waals surface area (Å²) in [6, 6.07) is 73.2. The Morgan fingerprint density at radius 1 is 0.588 bits per heavy atom. The van der Waals surface area contributed by atoms with Gasteiger partial charge in [0.15, 0.2) is 19.8 Å². The van der Waals surface area contributed by atoms with Crippen molar-refractivity contribution in [3.63, 3.8) is 0 Å². The number of ether oxygens (including phenoxy) is 7. The van der Waals surface area contributed by atoms with Gasteiger partial charge in [0.25, 0.3) is 12.4 Å². The number of nitrogens with one attached hydrogen (secondary N) is 1. The molecule has 2 aliphatic heterocycles. The van der Waals surface area contributed by atoms with Gasteiger partial charge in [-0.15, -0.1) is 0 Å². The Labute approximate surface area is 811 Å². The van der Waals surface area contributed by atoms with Gasteiger partial charge in [0, 0.05) is 24.2 Å². The van der Waals surface area contributed by atoms with Gasteiger partial charge >= 0.3 is 128 Å². The summed E-state index contributed by atoms with van der Waals surface area (Å²) in [6.45, 7) is 11.6. The van der Waals surface area contributed by atoms with Crippen LogP contribution in [-0.4, -0.2) is 143 Å². The second-order valence-corrected chi connectivity index (χ2v) is 27.8. The fourth-order valence-corrected chi connectivity index (χ4v) is 11.8. The number of phenolic OH excluding ortho intramolecular Hbond substituents is 1. The molecule has 2 aliphatic rings. The van der Waals surface area contributed by atoms with Gasteiger partial charge in [-0.1, -0.05) is 125 Å². The van der Waals surface area contributed by atoms with Gasteiger partial charge < -0.3 is 74.8 Å². The van der Waals surface area contributed by atoms with E-state index in [4.69, 9.17) is 66.1 Å². The van der Waals surface area contributed by atoms with Crippen molar-refractivity contribution in [2.24, 2.45) is 11.8 Å². The number of amides is 1. The van der Waals surface area contributed by atoms with Crippen LogP contribution in [0, 0.1) is 45.8 Å². The van der Waals surface area contributed by atoms with Crippen molar-refractivity contribution in [1.29, 1.82) is 15.8 Å². The molecule has 0 bridgehead atoms. The maximum Gasteiger partial charge on any atom is 1.00 e. The van der Waals surface area contributed by atoms with Crippen LogP contribution in [0.5, 0.6) is 40.2 Å². The zero-order valence-electron chi connectivity index (χ0n) is 70.0. The number of carbonyl (C=O) groups is 5. The molecule has 9 aromatic carbocycles. The van der Waals surface area contributed by atoms with Gasteiger partial charge in [-0.2, -0.15) is 15.8 Å². The van der Waals surface area contributed by atoms with Gasteiger partial charge in [0.1, 0.15) is 45.6 Å². The van der Waals surface area contributed by atoms with Crippen LogP contribution in [0.4, 0.5) is 4.39 Å². The number of alkyl halides is 2. The number of benzene rings is 9. The average Bonchev–Trinajstić information content (AvgIpc) is 0.836. The van der Waals surface area contributed by atoms with E-state index < -0.39 is 19.1 Å². The first-order valence-electron chi connectivity index (χ1n) is 37.6. The minimum atomic E-state index is -1.02. The van der Waals surface area contributed by atoms with Crippen LogP contribution in [-0.2, 0) is 51.2 Å². The summed E-state index contributed by atoms with van der Waals surface area (Å²) in [6.07, 6.45) is 9.80. The Morgan fingerprint density at radius 3 is 1.37 bits per heavy atom. The van der Waals surface area contributed by atoms with E-state index in [1.54, 1.807) is 84.9 Å². The number of aliphatic carboxylic acids is 1. The first-order valence-corrected chi connectivity index (χ1v) is 39.6. The number of carboxylic acids is 1. The van der Waals surface area contributed by atoms with Gasteiger partial charge in [-0.3, -0.25) is 18.8 Å². The topological polar surface area (TPSA) is 339 Å². The van der Waals surface area contributed by atoms with Crippen molar-refractivity contribution in [3.05, 3.63) is 255 Å². The Bertz CT molecular complexity index is 4500. The van der Waals surface area contributed by atoms with Crippen LogP contribution in [0.25, 0.3) is 22.3 Å². The molecular formula is C89H99BBr3FK2N5O18. The normalized spacial score (nSPS) is 11.5. The predicted molar refractivity (Wildman–Crippen MR) is 456 cm³/mol. The number of hydrogen-bond acceptors (Lipinski definition) is 21. The van der Waals surface area contributed by atoms with Crippen LogP contribution >= 0.6 is 47.8 Å². The standard InChI is InChI=1S/C31H34N2O3.C16H25NO.C15H11NO3.C9H9BrO3.C7H5BNO2.C6H5BrO.C3H5BrO2.CH3F.CH2O3.2K.H/c1-23(2)36-28-7-5-6-25(20-28)11-10-24-16-18-33(19-17-24)31(34)22-35-30-9-4-3-8-29(30)27-14-12-26(21-32)13-15-27;1-13(2)18-16-5-3-4-15(12-16)7-6-14-8-10-17-11-9-14;16-9-11-5-7-12(8-6-11)13-3-1-2-4-14(13)19-10-15(17)18;1-12-9(11)6-13-8-5-3-2-4-7(8)10;9-5-6-1-3-7(4-2-6)11-8-10;7-5-3-1-2-4-6(5)8;1-6-3(5)2-4;1-2;2-1-4-3;;;/h3-9,12-15,20,23-24H,10-11,16-19,22H2,1-2H3;3-5,12-14,17H,6-11H2,1-2H3;1-8H,10H2,(H,17,18);2-5H,6H2,1H3;1-4,10H;1-4,8H;2H2,1H3;1H3;1,3H;;;/q;;;;;;;;;2*+1;-1/p-1/i;;;;;;;1D;;;;. The molecule has 1 amide bonds. The van der Waals surface area contributed by atoms with Crippen LogP contribution < -0.4 is 142 Å². The summed E-state index contributed by atoms with van der Waals surface area (Å²) in [7, 11) is 2.27. The molecule has 0 aliphatic carbocycles. The van der Waals surface area contributed by atoms with E-state index in [9.17, 15) is 23.6 Å². The van der Waals surface area contributed by atoms with Gasteiger partial charge in [-0.25, -0.2) is 9.59 Å². The molecule has 621 valence electrons. The van der Waals surface area contributed by atoms with E-state index >= 15 is 0 Å². The molecule has 0 spiro atoms. The second-order valence-electron chi connectivity index (χ2n) is 25.6. The maximum atomic E-state index is 12.9. The van der Waals surface area contributed by atoms with Crippen molar-refractivity contribution in [2.45, 2.75) is 91.3 Å². The van der Waals surface area contributed by atoms with Crippen LogP contribution in [0.2, 0.25) is 0 Å². The van der Waals surface area contributed by atoms with Crippen molar-refractivity contribution in [2.75, 3.05) is 72.7 Å². The molecule has 9 aromatic rings. The van der Waals surface area contributed by atoms with E-state index in [1.165, 1.54) is 64.1 Å². The number of para-hydroxylation sites is 4. The Hall–Kier alpha value is -8.01. The first-order chi connectivity index (χ1) is 57.0. The number of carbonyl (C=O) groups excluding carboxylic acids is 4. The number of aromatic hydroxyl groups is 1. The number of piperidine rings is 2. The third-order valence-electron chi connectivity index (χ3n) is 16.6. The Kier molecular flexibility index (Phi) is 60.0. The molecule has 4 N–H and O–H groups in total. The van der Waals surface area contributed by atoms with E-state index in [0.717, 1.165) is 87.4 Å². The summed E-state index contributed by atoms with van der Waals surface area (Å²) in [4.78, 5) is 57.2. The van der Waals surface area contributed by atoms with E-state index in [1.807, 2.05) is 122 Å². The van der Waals surface area contributed by atoms with Gasteiger partial charge in [-0.05, 0) is 267 Å². The number of nitriles is 3. The summed E-state index contributed by atoms with van der Waals surface area (Å²) >= 11 is 9.34. The molecule has 0 aromatic heterocycles. The molecule has 0 saturated carbocycles. The van der Waals surface area contributed by atoms with E-state index in [-0.39, 0.29) is 166 Å². The minimum absolute atomic E-state index is 0. The second kappa shape index (κ2) is 66.7. The number of esters is 2.